The van der Waals surface area contributed by atoms with Crippen molar-refractivity contribution in [1.82, 2.24) is 9.38 Å². The molecule has 0 aliphatic heterocycles. The predicted molar refractivity (Wildman–Crippen MR) is 108 cm³/mol. The van der Waals surface area contributed by atoms with Crippen LogP contribution in [0.25, 0.3) is 37.8 Å². The van der Waals surface area contributed by atoms with Gasteiger partial charge in [-0.2, -0.15) is 0 Å². The molecule has 3 aromatic heterocycles. The van der Waals surface area contributed by atoms with E-state index in [9.17, 15) is 0 Å². The van der Waals surface area contributed by atoms with Crippen LogP contribution in [0, 0.1) is 20.8 Å². The highest BCUT2D eigenvalue weighted by Crippen LogP contribution is 2.39. The summed E-state index contributed by atoms with van der Waals surface area (Å²) < 4.78 is 3.60. The molecule has 0 atom stereocenters. The number of hydrogen-bond acceptors (Lipinski definition) is 2. The van der Waals surface area contributed by atoms with Gasteiger partial charge in [-0.15, -0.1) is 11.3 Å². The topological polar surface area (TPSA) is 17.3 Å². The van der Waals surface area contributed by atoms with Crippen LogP contribution < -0.4 is 0 Å². The maximum atomic E-state index is 4.86. The Bertz CT molecular complexity index is 1250. The number of nitrogens with zero attached hydrogens (tertiary/aromatic N) is 2. The van der Waals surface area contributed by atoms with Crippen molar-refractivity contribution in [2.45, 2.75) is 20.8 Å². The fourth-order valence-electron chi connectivity index (χ4n) is 3.98. The maximum Gasteiger partial charge on any atom is 0.0930 e. The second-order valence-electron chi connectivity index (χ2n) is 6.64. The Labute approximate surface area is 150 Å². The van der Waals surface area contributed by atoms with E-state index in [4.69, 9.17) is 4.98 Å². The van der Waals surface area contributed by atoms with Gasteiger partial charge in [0.2, 0.25) is 0 Å². The number of pyridine rings is 1. The zero-order valence-corrected chi connectivity index (χ0v) is 15.3. The van der Waals surface area contributed by atoms with Gasteiger partial charge < -0.3 is 4.40 Å². The molecule has 3 heterocycles. The molecule has 5 rings (SSSR count). The molecule has 0 amide bonds. The van der Waals surface area contributed by atoms with Crippen molar-refractivity contribution in [2.24, 2.45) is 0 Å². The molecule has 0 bridgehead atoms. The first-order chi connectivity index (χ1) is 12.1. The fourth-order valence-corrected chi connectivity index (χ4v) is 4.93. The van der Waals surface area contributed by atoms with Crippen LogP contribution in [0.1, 0.15) is 16.1 Å². The number of para-hydroxylation sites is 1. The Morgan fingerprint density at radius 2 is 1.64 bits per heavy atom. The third-order valence-corrected chi connectivity index (χ3v) is 5.99. The monoisotopic (exact) mass is 342 g/mol. The summed E-state index contributed by atoms with van der Waals surface area (Å²) >= 11 is 1.78. The second-order valence-corrected chi connectivity index (χ2v) is 7.85. The Hall–Kier alpha value is -2.65. The number of rotatable bonds is 1. The number of benzene rings is 2. The Balaban J connectivity index is 2.07. The van der Waals surface area contributed by atoms with Gasteiger partial charge in [0, 0.05) is 17.1 Å². The highest BCUT2D eigenvalue weighted by Gasteiger charge is 2.17. The van der Waals surface area contributed by atoms with Crippen molar-refractivity contribution in [1.29, 1.82) is 0 Å². The summed E-state index contributed by atoms with van der Waals surface area (Å²) in [5.74, 6) is 0. The number of aromatic nitrogens is 2. The smallest absolute Gasteiger partial charge is 0.0930 e. The number of fused-ring (bicyclic) bond motifs is 6. The summed E-state index contributed by atoms with van der Waals surface area (Å²) in [5.41, 5.74) is 8.84. The summed E-state index contributed by atoms with van der Waals surface area (Å²) in [7, 11) is 0. The van der Waals surface area contributed by atoms with Gasteiger partial charge in [-0.05, 0) is 49.6 Å². The van der Waals surface area contributed by atoms with Crippen LogP contribution in [0.3, 0.4) is 0 Å². The lowest BCUT2D eigenvalue weighted by Crippen LogP contribution is -1.95. The van der Waals surface area contributed by atoms with Crippen LogP contribution in [-0.2, 0) is 0 Å². The van der Waals surface area contributed by atoms with Gasteiger partial charge in [0.15, 0.2) is 0 Å². The van der Waals surface area contributed by atoms with Crippen LogP contribution in [0.15, 0.2) is 54.7 Å². The summed E-state index contributed by atoms with van der Waals surface area (Å²) in [6, 6.07) is 17.4. The largest absolute Gasteiger partial charge is 0.314 e. The highest BCUT2D eigenvalue weighted by molar-refractivity contribution is 7.19. The second kappa shape index (κ2) is 5.17. The number of thiazole rings is 1. The third kappa shape index (κ3) is 1.99. The molecule has 5 aromatic rings. The van der Waals surface area contributed by atoms with Crippen molar-refractivity contribution in [3.63, 3.8) is 0 Å². The van der Waals surface area contributed by atoms with E-state index in [1.54, 1.807) is 11.3 Å². The molecule has 0 N–H and O–H groups in total. The quantitative estimate of drug-likeness (QED) is 0.350. The minimum absolute atomic E-state index is 1.11. The predicted octanol–water partition coefficient (Wildman–Crippen LogP) is 6.29. The van der Waals surface area contributed by atoms with Gasteiger partial charge in [-0.1, -0.05) is 36.4 Å². The first-order valence-electron chi connectivity index (χ1n) is 8.50. The molecule has 0 unspecified atom stereocenters. The molecule has 25 heavy (non-hydrogen) atoms. The van der Waals surface area contributed by atoms with Crippen LogP contribution in [0.2, 0.25) is 0 Å². The minimum atomic E-state index is 1.11. The molecule has 0 saturated heterocycles. The van der Waals surface area contributed by atoms with Crippen molar-refractivity contribution in [3.05, 3.63) is 70.9 Å². The molecule has 0 saturated carbocycles. The molecular weight excluding hydrogens is 324 g/mol. The lowest BCUT2D eigenvalue weighted by atomic mass is 9.93. The van der Waals surface area contributed by atoms with Crippen LogP contribution >= 0.6 is 11.3 Å². The Morgan fingerprint density at radius 3 is 2.44 bits per heavy atom. The Morgan fingerprint density at radius 1 is 0.880 bits per heavy atom. The van der Waals surface area contributed by atoms with E-state index < -0.39 is 0 Å². The van der Waals surface area contributed by atoms with E-state index >= 15 is 0 Å². The lowest BCUT2D eigenvalue weighted by molar-refractivity contribution is 1.27. The standard InChI is InChI=1S/C22H18N2S/c1-13-7-4-8-14(2)19(13)16-9-5-10-17-20-22(25-15(3)23-20)18-11-6-12-24(18)21(16)17/h4-12H,1-3H3. The maximum absolute atomic E-state index is 4.86. The average molecular weight is 342 g/mol. The van der Waals surface area contributed by atoms with E-state index in [0.29, 0.717) is 0 Å². The number of hydrogen-bond donors (Lipinski definition) is 0. The molecule has 2 aromatic carbocycles. The van der Waals surface area contributed by atoms with Gasteiger partial charge in [0.25, 0.3) is 0 Å². The van der Waals surface area contributed by atoms with Gasteiger partial charge in [0.05, 0.1) is 26.3 Å². The molecule has 122 valence electrons. The first-order valence-corrected chi connectivity index (χ1v) is 9.32. The van der Waals surface area contributed by atoms with Crippen LogP contribution in [0.5, 0.6) is 0 Å². The van der Waals surface area contributed by atoms with Gasteiger partial charge >= 0.3 is 0 Å². The van der Waals surface area contributed by atoms with E-state index in [1.807, 2.05) is 0 Å². The zero-order chi connectivity index (χ0) is 17.1. The summed E-state index contributed by atoms with van der Waals surface area (Å²) in [5, 5.41) is 2.34. The average Bonchev–Trinajstić information content (AvgIpc) is 3.20. The first kappa shape index (κ1) is 14.7. The van der Waals surface area contributed by atoms with Crippen molar-refractivity contribution >= 4 is 38.0 Å². The highest BCUT2D eigenvalue weighted by atomic mass is 32.1. The normalized spacial score (nSPS) is 11.8. The van der Waals surface area contributed by atoms with Crippen LogP contribution in [0.4, 0.5) is 0 Å². The third-order valence-electron chi connectivity index (χ3n) is 5.00. The molecule has 0 fully saturated rings. The summed E-state index contributed by atoms with van der Waals surface area (Å²) in [6.07, 6.45) is 2.17. The van der Waals surface area contributed by atoms with E-state index in [1.165, 1.54) is 43.4 Å². The van der Waals surface area contributed by atoms with Crippen molar-refractivity contribution < 1.29 is 0 Å². The van der Waals surface area contributed by atoms with Gasteiger partial charge in [-0.3, -0.25) is 0 Å². The molecule has 0 spiro atoms. The van der Waals surface area contributed by atoms with Crippen LogP contribution in [-0.4, -0.2) is 9.38 Å². The molecule has 0 radical (unpaired) electrons. The number of aryl methyl sites for hydroxylation is 3. The van der Waals surface area contributed by atoms with Crippen molar-refractivity contribution in [3.8, 4) is 11.1 Å². The zero-order valence-electron chi connectivity index (χ0n) is 14.5. The molecule has 0 aliphatic carbocycles. The summed E-state index contributed by atoms with van der Waals surface area (Å²) in [4.78, 5) is 4.86. The minimum Gasteiger partial charge on any atom is -0.314 e. The van der Waals surface area contributed by atoms with Gasteiger partial charge in [-0.25, -0.2) is 4.98 Å². The van der Waals surface area contributed by atoms with E-state index in [0.717, 1.165) is 10.5 Å². The fraction of sp³-hybridized carbons (Fsp3) is 0.136. The van der Waals surface area contributed by atoms with E-state index in [2.05, 4.69) is 79.9 Å². The Kier molecular flexibility index (Phi) is 3.03. The molecule has 2 nitrogen and oxygen atoms in total. The van der Waals surface area contributed by atoms with E-state index in [-0.39, 0.29) is 0 Å². The molecule has 0 aliphatic rings. The lowest BCUT2D eigenvalue weighted by Gasteiger charge is -2.15. The molecular formula is C22H18N2S. The van der Waals surface area contributed by atoms with Crippen molar-refractivity contribution in [2.75, 3.05) is 0 Å². The molecule has 3 heteroatoms. The summed E-state index contributed by atoms with van der Waals surface area (Å²) in [6.45, 7) is 6.48. The SMILES string of the molecule is Cc1nc2c3cccc(-c4c(C)cccc4C)c3n3cccc3c2s1. The van der Waals surface area contributed by atoms with Gasteiger partial charge in [0.1, 0.15) is 0 Å².